The molecule has 1 spiro atoms. The monoisotopic (exact) mass is 673 g/mol. The molecule has 3 fully saturated rings. The van der Waals surface area contributed by atoms with E-state index in [1.165, 1.54) is 4.90 Å². The Labute approximate surface area is 270 Å². The fourth-order valence-electron chi connectivity index (χ4n) is 7.87. The van der Waals surface area contributed by atoms with Crippen LogP contribution in [0.15, 0.2) is 49.6 Å². The van der Waals surface area contributed by atoms with Gasteiger partial charge in [-0.1, -0.05) is 48.9 Å². The van der Waals surface area contributed by atoms with Crippen molar-refractivity contribution in [3.05, 3.63) is 49.6 Å². The largest absolute Gasteiger partial charge is 0.494 e. The minimum absolute atomic E-state index is 0.0354. The Morgan fingerprint density at radius 2 is 1.77 bits per heavy atom. The van der Waals surface area contributed by atoms with Gasteiger partial charge in [0.1, 0.15) is 17.4 Å². The number of ether oxygens (including phenoxy) is 2. The number of nitrogens with zero attached hydrogens (tertiary/aromatic N) is 3. The van der Waals surface area contributed by atoms with Crippen molar-refractivity contribution in [2.45, 2.75) is 82.5 Å². The lowest BCUT2D eigenvalue weighted by Crippen LogP contribution is -2.61. The van der Waals surface area contributed by atoms with E-state index in [-0.39, 0.29) is 54.2 Å². The van der Waals surface area contributed by atoms with Crippen LogP contribution in [0.3, 0.4) is 0 Å². The van der Waals surface area contributed by atoms with Gasteiger partial charge >= 0.3 is 0 Å². The number of carbonyl (C=O) groups is 3. The molecule has 2 bridgehead atoms. The van der Waals surface area contributed by atoms with Crippen LogP contribution >= 0.6 is 15.9 Å². The van der Waals surface area contributed by atoms with Gasteiger partial charge in [0, 0.05) is 35.7 Å². The molecule has 1 N–H and O–H groups in total. The summed E-state index contributed by atoms with van der Waals surface area (Å²) in [6.07, 6.45) is 3.84. The molecule has 0 aliphatic carbocycles. The van der Waals surface area contributed by atoms with E-state index in [0.717, 1.165) is 0 Å². The number of aliphatic hydroxyl groups is 1. The number of anilines is 1. The third-order valence-electron chi connectivity index (χ3n) is 8.96. The first-order chi connectivity index (χ1) is 20.7. The summed E-state index contributed by atoms with van der Waals surface area (Å²) in [5, 5.41) is 10.0. The van der Waals surface area contributed by atoms with Gasteiger partial charge in [0.15, 0.2) is 0 Å². The van der Waals surface area contributed by atoms with E-state index in [9.17, 15) is 19.5 Å². The fourth-order valence-corrected chi connectivity index (χ4v) is 8.81. The van der Waals surface area contributed by atoms with Gasteiger partial charge in [0.25, 0.3) is 0 Å². The highest BCUT2D eigenvalue weighted by Gasteiger charge is 2.77. The molecule has 1 aromatic carbocycles. The summed E-state index contributed by atoms with van der Waals surface area (Å²) in [6.45, 7) is 20.8. The van der Waals surface area contributed by atoms with Crippen molar-refractivity contribution < 1.29 is 29.0 Å². The minimum atomic E-state index is -1.22. The van der Waals surface area contributed by atoms with Crippen LogP contribution in [-0.4, -0.2) is 93.6 Å². The maximum Gasteiger partial charge on any atom is 0.249 e. The van der Waals surface area contributed by atoms with Crippen LogP contribution in [0.25, 0.3) is 0 Å². The summed E-state index contributed by atoms with van der Waals surface area (Å²) >= 11 is 3.76. The minimum Gasteiger partial charge on any atom is -0.494 e. The number of alkyl halides is 1. The number of fused-ring (bicyclic) bond motifs is 1. The zero-order chi connectivity index (χ0) is 32.6. The number of β-amino-alcohol motifs (C(OH)–C–C–N with tert-alkyl or cyclic N) is 1. The SMILES string of the molecule is C=CCN(C(=O)[C@H]1[C@H]2C(=O)N(CCO)C(C(=O)N(CC=C)C(C)(C)CC(C)(C)C)C23CC(Br)[C@@H]1O3)c1ccc(OCC)cc1. The number of likely N-dealkylation sites (tertiary alicyclic amines) is 1. The summed E-state index contributed by atoms with van der Waals surface area (Å²) in [4.78, 5) is 48.1. The predicted octanol–water partition coefficient (Wildman–Crippen LogP) is 4.57. The number of aliphatic hydroxyl groups excluding tert-OH is 1. The third-order valence-corrected chi connectivity index (χ3v) is 9.80. The van der Waals surface area contributed by atoms with E-state index in [0.29, 0.717) is 30.9 Å². The Hall–Kier alpha value is -2.69. The van der Waals surface area contributed by atoms with Crippen molar-refractivity contribution in [2.75, 3.05) is 37.7 Å². The van der Waals surface area contributed by atoms with Crippen molar-refractivity contribution in [1.82, 2.24) is 9.80 Å². The summed E-state index contributed by atoms with van der Waals surface area (Å²) in [5.41, 5.74) is -1.22. The number of carbonyl (C=O) groups excluding carboxylic acids is 3. The van der Waals surface area contributed by atoms with E-state index >= 15 is 0 Å². The average molecular weight is 675 g/mol. The van der Waals surface area contributed by atoms with Crippen LogP contribution < -0.4 is 9.64 Å². The average Bonchev–Trinajstić information content (AvgIpc) is 3.52. The highest BCUT2D eigenvalue weighted by molar-refractivity contribution is 9.09. The first kappa shape index (κ1) is 34.2. The smallest absolute Gasteiger partial charge is 0.249 e. The van der Waals surface area contributed by atoms with Crippen molar-refractivity contribution in [3.63, 3.8) is 0 Å². The lowest BCUT2D eigenvalue weighted by molar-refractivity contribution is -0.153. The van der Waals surface area contributed by atoms with Crippen LogP contribution in [-0.2, 0) is 19.1 Å². The Bertz CT molecular complexity index is 1260. The Morgan fingerprint density at radius 1 is 1.14 bits per heavy atom. The predicted molar refractivity (Wildman–Crippen MR) is 175 cm³/mol. The van der Waals surface area contributed by atoms with Crippen molar-refractivity contribution in [3.8, 4) is 5.75 Å². The normalized spacial score (nSPS) is 27.7. The quantitative estimate of drug-likeness (QED) is 0.243. The summed E-state index contributed by atoms with van der Waals surface area (Å²) in [5.74, 6) is -1.88. The molecule has 3 unspecified atom stereocenters. The van der Waals surface area contributed by atoms with Crippen LogP contribution in [0.5, 0.6) is 5.75 Å². The summed E-state index contributed by atoms with van der Waals surface area (Å²) < 4.78 is 12.3. The second kappa shape index (κ2) is 13.0. The van der Waals surface area contributed by atoms with Gasteiger partial charge < -0.3 is 29.3 Å². The van der Waals surface area contributed by atoms with E-state index in [4.69, 9.17) is 9.47 Å². The molecular weight excluding hydrogens is 626 g/mol. The highest BCUT2D eigenvalue weighted by atomic mass is 79.9. The number of benzene rings is 1. The van der Waals surface area contributed by atoms with Gasteiger partial charge in [-0.05, 0) is 63.3 Å². The van der Waals surface area contributed by atoms with Crippen LogP contribution in [0.2, 0.25) is 0 Å². The first-order valence-electron chi connectivity index (χ1n) is 15.5. The van der Waals surface area contributed by atoms with E-state index < -0.39 is 35.1 Å². The lowest BCUT2D eigenvalue weighted by Gasteiger charge is -2.45. The van der Waals surface area contributed by atoms with Crippen LogP contribution in [0.4, 0.5) is 5.69 Å². The molecule has 10 heteroatoms. The second-order valence-corrected chi connectivity index (χ2v) is 15.0. The molecule has 6 atom stereocenters. The van der Waals surface area contributed by atoms with Gasteiger partial charge in [0.05, 0.1) is 31.2 Å². The molecule has 0 radical (unpaired) electrons. The number of hydrogen-bond acceptors (Lipinski definition) is 6. The van der Waals surface area contributed by atoms with E-state index in [2.05, 4.69) is 49.9 Å². The molecule has 44 heavy (non-hydrogen) atoms. The molecule has 4 rings (SSSR count). The van der Waals surface area contributed by atoms with Crippen LogP contribution in [0, 0.1) is 17.3 Å². The zero-order valence-electron chi connectivity index (χ0n) is 26.9. The van der Waals surface area contributed by atoms with Gasteiger partial charge in [-0.25, -0.2) is 0 Å². The molecule has 3 aliphatic rings. The molecule has 0 aromatic heterocycles. The lowest BCUT2D eigenvalue weighted by atomic mass is 9.70. The molecular formula is C34H48BrN3O6. The Morgan fingerprint density at radius 3 is 2.32 bits per heavy atom. The first-order valence-corrected chi connectivity index (χ1v) is 16.4. The Balaban J connectivity index is 1.76. The molecule has 9 nitrogen and oxygen atoms in total. The molecule has 242 valence electrons. The number of hydrogen-bond donors (Lipinski definition) is 1. The van der Waals surface area contributed by atoms with Gasteiger partial charge in [0.2, 0.25) is 17.7 Å². The number of halogens is 1. The highest BCUT2D eigenvalue weighted by Crippen LogP contribution is 2.60. The topological polar surface area (TPSA) is 99.6 Å². The maximum atomic E-state index is 14.7. The molecule has 1 aromatic rings. The van der Waals surface area contributed by atoms with Gasteiger partial charge in [-0.2, -0.15) is 0 Å². The van der Waals surface area contributed by atoms with Gasteiger partial charge in [-0.3, -0.25) is 14.4 Å². The van der Waals surface area contributed by atoms with Crippen LogP contribution in [0.1, 0.15) is 54.4 Å². The molecule has 3 amide bonds. The molecule has 3 aliphatic heterocycles. The summed E-state index contributed by atoms with van der Waals surface area (Å²) in [6, 6.07) is 6.24. The van der Waals surface area contributed by atoms with Gasteiger partial charge in [-0.15, -0.1) is 13.2 Å². The van der Waals surface area contributed by atoms with Crippen molar-refractivity contribution >= 4 is 39.3 Å². The standard InChI is InChI=1S/C34H48BrN3O6/c1-9-16-36(22-12-14-23(15-13-22)43-11-3)29(40)25-26-30(41)37(18-19-39)28(34(26)20-24(35)27(25)44-34)31(42)38(17-10-2)33(7,8)21-32(4,5)6/h9-10,12-15,24-28,39H,1-2,11,16-21H2,3-8H3/t24?,25-,26-,27-,28?,34?/m0/s1. The molecule has 3 heterocycles. The Kier molecular flexibility index (Phi) is 10.1. The van der Waals surface area contributed by atoms with Crippen molar-refractivity contribution in [1.29, 1.82) is 0 Å². The number of amides is 3. The fraction of sp³-hybridized carbons (Fsp3) is 0.618. The third kappa shape index (κ3) is 6.09. The van der Waals surface area contributed by atoms with Crippen molar-refractivity contribution in [2.24, 2.45) is 17.3 Å². The number of rotatable bonds is 13. The van der Waals surface area contributed by atoms with E-state index in [1.54, 1.807) is 34.1 Å². The zero-order valence-corrected chi connectivity index (χ0v) is 28.5. The maximum absolute atomic E-state index is 14.7. The van der Waals surface area contributed by atoms with E-state index in [1.807, 2.05) is 32.9 Å². The molecule has 3 saturated heterocycles. The molecule has 0 saturated carbocycles. The summed E-state index contributed by atoms with van der Waals surface area (Å²) in [7, 11) is 0. The second-order valence-electron chi connectivity index (χ2n) is 13.9.